The lowest BCUT2D eigenvalue weighted by Crippen LogP contribution is -2.18. The Bertz CT molecular complexity index is 893. The van der Waals surface area contributed by atoms with Gasteiger partial charge in [-0.25, -0.2) is 4.98 Å². The van der Waals surface area contributed by atoms with Crippen LogP contribution < -0.4 is 10.1 Å². The van der Waals surface area contributed by atoms with E-state index in [-0.39, 0.29) is 6.54 Å². The lowest BCUT2D eigenvalue weighted by atomic mass is 10.2. The fraction of sp³-hybridized carbons (Fsp3) is 0.200. The molecular weight excluding hydrogens is 322 g/mol. The van der Waals surface area contributed by atoms with Crippen LogP contribution in [-0.2, 0) is 17.9 Å². The average Bonchev–Trinajstić information content (AvgIpc) is 3.18. The molecule has 0 aliphatic rings. The van der Waals surface area contributed by atoms with Crippen LogP contribution in [0.25, 0.3) is 10.9 Å². The number of carbonyl (C=O) groups is 1. The summed E-state index contributed by atoms with van der Waals surface area (Å²) >= 11 is 7.73. The number of H-pyrrole nitrogens is 1. The molecule has 3 rings (SSSR count). The normalized spacial score (nSPS) is 13.4. The highest BCUT2D eigenvalue weighted by atomic mass is 35.5. The lowest BCUT2D eigenvalue weighted by molar-refractivity contribution is -0.119. The first-order chi connectivity index (χ1) is 11.8. The number of aromatic nitrogens is 2. The Morgan fingerprint density at radius 3 is 3.23 bits per heavy atom. The molecule has 1 aromatic carbocycles. The zero-order valence-electron chi connectivity index (χ0n) is 14.4. The minimum Gasteiger partial charge on any atom is -0.486 e. The number of amides is 1. The van der Waals surface area contributed by atoms with E-state index in [9.17, 15) is 4.79 Å². The summed E-state index contributed by atoms with van der Waals surface area (Å²) in [7, 11) is 0. The van der Waals surface area contributed by atoms with Crippen LogP contribution in [0.5, 0.6) is 5.75 Å². The van der Waals surface area contributed by atoms with Crippen LogP contribution in [0.3, 0.4) is 0 Å². The Balaban J connectivity index is 1.73. The van der Waals surface area contributed by atoms with Gasteiger partial charge in [0.25, 0.3) is 0 Å². The quantitative estimate of drug-likeness (QED) is 0.748. The van der Waals surface area contributed by atoms with E-state index in [1.165, 1.54) is 11.3 Å². The zero-order valence-corrected chi connectivity index (χ0v) is 12.9. The predicted molar refractivity (Wildman–Crippen MR) is 87.3 cm³/mol. The van der Waals surface area contributed by atoms with Gasteiger partial charge in [0.1, 0.15) is 12.4 Å². The number of carbonyl (C=O) groups excluding carboxylic acids is 1. The fourth-order valence-electron chi connectivity index (χ4n) is 2.04. The molecule has 0 radical (unpaired) electrons. The third-order valence-electron chi connectivity index (χ3n) is 3.03. The molecule has 2 aromatic heterocycles. The third-order valence-corrected chi connectivity index (χ3v) is 3.96. The second-order valence-corrected chi connectivity index (χ2v) is 5.74. The van der Waals surface area contributed by atoms with Crippen LogP contribution in [0.2, 0.25) is 5.02 Å². The third kappa shape index (κ3) is 3.40. The molecule has 0 saturated heterocycles. The molecule has 2 heterocycles. The number of fused-ring (bicyclic) bond motifs is 1. The molecule has 1 amide bonds. The van der Waals surface area contributed by atoms with Gasteiger partial charge < -0.3 is 15.0 Å². The second-order valence-electron chi connectivity index (χ2n) is 4.62. The number of rotatable bonds is 5. The Hall–Kier alpha value is -2.05. The minimum absolute atomic E-state index is 0.0819. The van der Waals surface area contributed by atoms with Gasteiger partial charge in [0.05, 0.1) is 22.8 Å². The Kier molecular flexibility index (Phi) is 3.33. The van der Waals surface area contributed by atoms with Crippen LogP contribution in [-0.4, -0.2) is 15.9 Å². The Labute approximate surface area is 140 Å². The number of ether oxygens (including phenoxy) is 1. The zero-order chi connectivity index (χ0) is 18.0. The summed E-state index contributed by atoms with van der Waals surface area (Å²) in [6.45, 7) is -2.26. The van der Waals surface area contributed by atoms with Crippen LogP contribution in [0.1, 0.15) is 22.4 Å². The van der Waals surface area contributed by atoms with Gasteiger partial charge >= 0.3 is 0 Å². The van der Waals surface area contributed by atoms with Gasteiger partial charge in [0, 0.05) is 39.0 Å². The number of thiazole rings is 1. The number of hydrogen-bond acceptors (Lipinski definition) is 4. The molecule has 0 saturated carbocycles. The van der Waals surface area contributed by atoms with E-state index in [1.54, 1.807) is 23.7 Å². The summed E-state index contributed by atoms with van der Waals surface area (Å²) in [5, 5.41) is 5.56. The van der Waals surface area contributed by atoms with Crippen molar-refractivity contribution >= 4 is 39.7 Å². The maximum atomic E-state index is 11.4. The van der Waals surface area contributed by atoms with Crippen molar-refractivity contribution in [3.8, 4) is 5.75 Å². The molecule has 5 nitrogen and oxygen atoms in total. The van der Waals surface area contributed by atoms with Crippen molar-refractivity contribution in [2.24, 2.45) is 0 Å². The van der Waals surface area contributed by atoms with Crippen molar-refractivity contribution in [3.05, 3.63) is 45.5 Å². The van der Waals surface area contributed by atoms with Crippen molar-refractivity contribution in [1.29, 1.82) is 0 Å². The van der Waals surface area contributed by atoms with Crippen molar-refractivity contribution in [2.45, 2.75) is 20.0 Å². The maximum absolute atomic E-state index is 11.4. The molecule has 0 spiro atoms. The summed E-state index contributed by atoms with van der Waals surface area (Å²) < 4.78 is 26.8. The highest BCUT2D eigenvalue weighted by Gasteiger charge is 2.08. The van der Waals surface area contributed by atoms with E-state index in [0.717, 1.165) is 16.6 Å². The number of nitrogens with one attached hydrogen (secondary N) is 2. The standard InChI is InChI=1S/C15H14ClN3O2S/c1-9(20)17-5-11-2-10-3-13(16)15(4-14(10)19-11)21-6-12-7-22-8-18-12/h2-4,7-8,19H,5-6H2,1H3,(H,17,20)/i1D3. The summed E-state index contributed by atoms with van der Waals surface area (Å²) in [4.78, 5) is 18.7. The van der Waals surface area contributed by atoms with Crippen LogP contribution in [0, 0.1) is 0 Å². The molecule has 22 heavy (non-hydrogen) atoms. The number of hydrogen-bond donors (Lipinski definition) is 2. The highest BCUT2D eigenvalue weighted by molar-refractivity contribution is 7.07. The lowest BCUT2D eigenvalue weighted by Gasteiger charge is -2.06. The monoisotopic (exact) mass is 338 g/mol. The van der Waals surface area contributed by atoms with E-state index < -0.39 is 12.8 Å². The van der Waals surface area contributed by atoms with E-state index in [4.69, 9.17) is 20.5 Å². The molecule has 0 fully saturated rings. The summed E-state index contributed by atoms with van der Waals surface area (Å²) in [5.74, 6) is -0.474. The Morgan fingerprint density at radius 2 is 2.45 bits per heavy atom. The number of benzene rings is 1. The topological polar surface area (TPSA) is 67.0 Å². The van der Waals surface area contributed by atoms with Gasteiger partial charge in [-0.05, 0) is 12.1 Å². The van der Waals surface area contributed by atoms with Crippen molar-refractivity contribution in [3.63, 3.8) is 0 Å². The molecule has 0 aliphatic carbocycles. The molecule has 114 valence electrons. The molecule has 7 heteroatoms. The Morgan fingerprint density at radius 1 is 1.55 bits per heavy atom. The molecule has 0 unspecified atom stereocenters. The molecular formula is C15H14ClN3O2S. The average molecular weight is 339 g/mol. The van der Waals surface area contributed by atoms with Crippen LogP contribution in [0.4, 0.5) is 0 Å². The molecule has 0 aliphatic heterocycles. The molecule has 3 aromatic rings. The minimum atomic E-state index is -2.66. The van der Waals surface area contributed by atoms with Crippen LogP contribution in [0.15, 0.2) is 29.1 Å². The van der Waals surface area contributed by atoms with E-state index >= 15 is 0 Å². The van der Waals surface area contributed by atoms with Gasteiger partial charge in [-0.15, -0.1) is 11.3 Å². The first kappa shape index (κ1) is 11.5. The van der Waals surface area contributed by atoms with Gasteiger partial charge in [-0.1, -0.05) is 11.6 Å². The molecule has 0 bridgehead atoms. The summed E-state index contributed by atoms with van der Waals surface area (Å²) in [6.07, 6.45) is 0. The molecule has 2 N–H and O–H groups in total. The van der Waals surface area contributed by atoms with Gasteiger partial charge in [-0.2, -0.15) is 0 Å². The summed E-state index contributed by atoms with van der Waals surface area (Å²) in [6, 6.07) is 5.31. The predicted octanol–water partition coefficient (Wildman–Crippen LogP) is 3.49. The van der Waals surface area contributed by atoms with Gasteiger partial charge in [-0.3, -0.25) is 4.79 Å². The van der Waals surface area contributed by atoms with Gasteiger partial charge in [0.15, 0.2) is 0 Å². The highest BCUT2D eigenvalue weighted by Crippen LogP contribution is 2.31. The van der Waals surface area contributed by atoms with Gasteiger partial charge in [0.2, 0.25) is 5.91 Å². The SMILES string of the molecule is [2H]C([2H])([2H])C(=O)NCc1cc2cc(Cl)c(OCc3cscn3)cc2[nH]1. The fourth-order valence-corrected chi connectivity index (χ4v) is 2.80. The number of halogens is 1. The summed E-state index contributed by atoms with van der Waals surface area (Å²) in [5.41, 5.74) is 3.99. The van der Waals surface area contributed by atoms with Crippen molar-refractivity contribution in [1.82, 2.24) is 15.3 Å². The second kappa shape index (κ2) is 6.37. The van der Waals surface area contributed by atoms with E-state index in [2.05, 4.69) is 15.3 Å². The van der Waals surface area contributed by atoms with Crippen molar-refractivity contribution in [2.75, 3.05) is 0 Å². The first-order valence-corrected chi connectivity index (χ1v) is 7.74. The van der Waals surface area contributed by atoms with Crippen LogP contribution >= 0.6 is 22.9 Å². The number of aromatic amines is 1. The maximum Gasteiger partial charge on any atom is 0.217 e. The smallest absolute Gasteiger partial charge is 0.217 e. The molecule has 0 atom stereocenters. The van der Waals surface area contributed by atoms with Crippen molar-refractivity contribution < 1.29 is 13.6 Å². The number of nitrogens with zero attached hydrogens (tertiary/aromatic N) is 1. The van der Waals surface area contributed by atoms with E-state index in [1.807, 2.05) is 5.38 Å². The van der Waals surface area contributed by atoms with E-state index in [0.29, 0.717) is 23.1 Å². The largest absolute Gasteiger partial charge is 0.486 e. The first-order valence-electron chi connectivity index (χ1n) is 7.92.